The predicted octanol–water partition coefficient (Wildman–Crippen LogP) is 1.05. The van der Waals surface area contributed by atoms with Crippen LogP contribution in [0.5, 0.6) is 11.5 Å². The van der Waals surface area contributed by atoms with E-state index in [0.29, 0.717) is 26.1 Å². The largest absolute Gasteiger partial charge is 0.497 e. The van der Waals surface area contributed by atoms with Gasteiger partial charge in [0.15, 0.2) is 0 Å². The number of amides is 1. The summed E-state index contributed by atoms with van der Waals surface area (Å²) in [6.45, 7) is 1.96. The molecular formula is C18H24N2O5. The molecule has 2 fully saturated rings. The van der Waals surface area contributed by atoms with Gasteiger partial charge in [-0.05, 0) is 30.5 Å². The fraction of sp³-hybridized carbons (Fsp3) is 0.556. The molecule has 3 unspecified atom stereocenters. The number of hydrogen-bond donors (Lipinski definition) is 0. The predicted molar refractivity (Wildman–Crippen MR) is 90.5 cm³/mol. The summed E-state index contributed by atoms with van der Waals surface area (Å²) >= 11 is 0. The first kappa shape index (κ1) is 17.5. The van der Waals surface area contributed by atoms with E-state index >= 15 is 0 Å². The second-order valence-corrected chi connectivity index (χ2v) is 6.38. The molecule has 0 spiro atoms. The molecule has 1 aromatic carbocycles. The molecule has 2 aliphatic rings. The van der Waals surface area contributed by atoms with Gasteiger partial charge in [0.1, 0.15) is 23.6 Å². The van der Waals surface area contributed by atoms with Gasteiger partial charge >= 0.3 is 5.97 Å². The summed E-state index contributed by atoms with van der Waals surface area (Å²) in [5.41, 5.74) is 1.03. The minimum absolute atomic E-state index is 0.0164. The van der Waals surface area contributed by atoms with Gasteiger partial charge in [0.25, 0.3) is 0 Å². The fourth-order valence-electron chi connectivity index (χ4n) is 3.38. The van der Waals surface area contributed by atoms with Crippen LogP contribution in [-0.2, 0) is 20.9 Å². The van der Waals surface area contributed by atoms with Crippen molar-refractivity contribution in [1.82, 2.24) is 9.80 Å². The molecule has 0 aliphatic carbocycles. The first-order valence-corrected chi connectivity index (χ1v) is 8.41. The number of nitrogens with zero attached hydrogens (tertiary/aromatic N) is 2. The van der Waals surface area contributed by atoms with Crippen molar-refractivity contribution in [3.8, 4) is 11.5 Å². The maximum Gasteiger partial charge on any atom is 0.328 e. The molecule has 1 amide bonds. The second-order valence-electron chi connectivity index (χ2n) is 6.38. The van der Waals surface area contributed by atoms with E-state index in [2.05, 4.69) is 4.90 Å². The molecule has 0 saturated carbocycles. The smallest absolute Gasteiger partial charge is 0.328 e. The third-order valence-corrected chi connectivity index (χ3v) is 4.81. The van der Waals surface area contributed by atoms with Crippen LogP contribution in [0, 0.1) is 0 Å². The van der Waals surface area contributed by atoms with Gasteiger partial charge in [-0.3, -0.25) is 9.69 Å². The van der Waals surface area contributed by atoms with Gasteiger partial charge in [-0.2, -0.15) is 0 Å². The van der Waals surface area contributed by atoms with E-state index in [0.717, 1.165) is 23.5 Å². The number of rotatable bonds is 6. The van der Waals surface area contributed by atoms with Gasteiger partial charge in [0.05, 0.1) is 21.3 Å². The molecular weight excluding hydrogens is 324 g/mol. The van der Waals surface area contributed by atoms with Crippen molar-refractivity contribution >= 4 is 11.9 Å². The monoisotopic (exact) mass is 348 g/mol. The zero-order valence-corrected chi connectivity index (χ0v) is 14.9. The number of carbonyl (C=O) groups is 2. The maximum atomic E-state index is 12.7. The van der Waals surface area contributed by atoms with Crippen molar-refractivity contribution in [1.29, 1.82) is 0 Å². The average molecular weight is 348 g/mol. The van der Waals surface area contributed by atoms with Crippen LogP contribution < -0.4 is 9.47 Å². The SMILES string of the molecule is COC(=O)C1CCCN1C(=O)C1CN1Cc1cc(OC)cc(OC)c1. The number of carbonyl (C=O) groups excluding carboxylic acids is 2. The van der Waals surface area contributed by atoms with E-state index < -0.39 is 6.04 Å². The Balaban J connectivity index is 1.63. The number of ether oxygens (including phenoxy) is 3. The normalized spacial score (nSPS) is 24.8. The van der Waals surface area contributed by atoms with Gasteiger partial charge < -0.3 is 19.1 Å². The van der Waals surface area contributed by atoms with Crippen LogP contribution in [0.2, 0.25) is 0 Å². The van der Waals surface area contributed by atoms with E-state index in [4.69, 9.17) is 14.2 Å². The van der Waals surface area contributed by atoms with Crippen LogP contribution in [0.4, 0.5) is 0 Å². The molecule has 7 nitrogen and oxygen atoms in total. The van der Waals surface area contributed by atoms with Gasteiger partial charge in [-0.1, -0.05) is 0 Å². The Labute approximate surface area is 147 Å². The summed E-state index contributed by atoms with van der Waals surface area (Å²) < 4.78 is 15.4. The molecule has 7 heteroatoms. The molecule has 3 rings (SSSR count). The molecule has 0 radical (unpaired) electrons. The van der Waals surface area contributed by atoms with Crippen LogP contribution in [-0.4, -0.2) is 68.2 Å². The first-order valence-electron chi connectivity index (χ1n) is 8.41. The van der Waals surface area contributed by atoms with Crippen LogP contribution >= 0.6 is 0 Å². The van der Waals surface area contributed by atoms with Crippen LogP contribution in [0.3, 0.4) is 0 Å². The van der Waals surface area contributed by atoms with Crippen LogP contribution in [0.15, 0.2) is 18.2 Å². The third-order valence-electron chi connectivity index (χ3n) is 4.81. The summed E-state index contributed by atoms with van der Waals surface area (Å²) in [4.78, 5) is 28.3. The molecule has 2 saturated heterocycles. The van der Waals surface area contributed by atoms with Crippen molar-refractivity contribution in [3.63, 3.8) is 0 Å². The quantitative estimate of drug-likeness (QED) is 0.565. The number of esters is 1. The molecule has 2 aliphatic heterocycles. The summed E-state index contributed by atoms with van der Waals surface area (Å²) in [7, 11) is 4.59. The van der Waals surface area contributed by atoms with Crippen LogP contribution in [0.25, 0.3) is 0 Å². The Morgan fingerprint density at radius 3 is 2.36 bits per heavy atom. The Morgan fingerprint density at radius 2 is 1.76 bits per heavy atom. The van der Waals surface area contributed by atoms with Crippen molar-refractivity contribution in [3.05, 3.63) is 23.8 Å². The van der Waals surface area contributed by atoms with Gasteiger partial charge in [-0.15, -0.1) is 0 Å². The molecule has 0 aromatic heterocycles. The molecule has 25 heavy (non-hydrogen) atoms. The van der Waals surface area contributed by atoms with Crippen molar-refractivity contribution in [2.24, 2.45) is 0 Å². The van der Waals surface area contributed by atoms with E-state index in [9.17, 15) is 9.59 Å². The Morgan fingerprint density at radius 1 is 1.08 bits per heavy atom. The van der Waals surface area contributed by atoms with Crippen molar-refractivity contribution in [2.45, 2.75) is 31.5 Å². The van der Waals surface area contributed by atoms with Gasteiger partial charge in [0, 0.05) is 25.7 Å². The number of likely N-dealkylation sites (tertiary alicyclic amines) is 1. The highest BCUT2D eigenvalue weighted by molar-refractivity contribution is 5.90. The minimum atomic E-state index is -0.433. The van der Waals surface area contributed by atoms with Crippen molar-refractivity contribution < 1.29 is 23.8 Å². The number of methoxy groups -OCH3 is 3. The lowest BCUT2D eigenvalue weighted by atomic mass is 10.2. The molecule has 0 bridgehead atoms. The number of hydrogen-bond acceptors (Lipinski definition) is 6. The summed E-state index contributed by atoms with van der Waals surface area (Å²) in [5.74, 6) is 1.15. The van der Waals surface area contributed by atoms with Crippen molar-refractivity contribution in [2.75, 3.05) is 34.4 Å². The number of benzene rings is 1. The van der Waals surface area contributed by atoms with E-state index in [-0.39, 0.29) is 17.9 Å². The van der Waals surface area contributed by atoms with E-state index in [1.54, 1.807) is 19.1 Å². The topological polar surface area (TPSA) is 68.1 Å². The van der Waals surface area contributed by atoms with E-state index in [1.807, 2.05) is 18.2 Å². The van der Waals surface area contributed by atoms with Gasteiger partial charge in [0.2, 0.25) is 5.91 Å². The summed E-state index contributed by atoms with van der Waals surface area (Å²) in [6, 6.07) is 5.10. The lowest BCUT2D eigenvalue weighted by molar-refractivity contribution is -0.151. The molecule has 2 heterocycles. The lowest BCUT2D eigenvalue weighted by Crippen LogP contribution is -2.43. The maximum absolute atomic E-state index is 12.7. The summed E-state index contributed by atoms with van der Waals surface area (Å²) in [5, 5.41) is 0. The zero-order valence-electron chi connectivity index (χ0n) is 14.9. The Hall–Kier alpha value is -2.28. The standard InChI is InChI=1S/C18H24N2O5/c1-23-13-7-12(8-14(9-13)24-2)10-19-11-16(19)17(21)20-6-4-5-15(20)18(22)25-3/h7-9,15-16H,4-6,10-11H2,1-3H3. The average Bonchev–Trinajstić information content (AvgIpc) is 3.22. The zero-order chi connectivity index (χ0) is 18.0. The summed E-state index contributed by atoms with van der Waals surface area (Å²) in [6.07, 6.45) is 1.52. The highest BCUT2D eigenvalue weighted by Crippen LogP contribution is 2.30. The Bertz CT molecular complexity index is 641. The van der Waals surface area contributed by atoms with Crippen LogP contribution in [0.1, 0.15) is 18.4 Å². The Kier molecular flexibility index (Phi) is 5.13. The molecule has 1 aromatic rings. The van der Waals surface area contributed by atoms with E-state index in [1.165, 1.54) is 7.11 Å². The molecule has 136 valence electrons. The third kappa shape index (κ3) is 3.71. The highest BCUT2D eigenvalue weighted by atomic mass is 16.5. The second kappa shape index (κ2) is 7.31. The minimum Gasteiger partial charge on any atom is -0.497 e. The highest BCUT2D eigenvalue weighted by Gasteiger charge is 2.46. The first-order chi connectivity index (χ1) is 12.1. The van der Waals surface area contributed by atoms with Gasteiger partial charge in [-0.25, -0.2) is 4.79 Å². The fourth-order valence-corrected chi connectivity index (χ4v) is 3.38. The lowest BCUT2D eigenvalue weighted by Gasteiger charge is -2.22. The molecule has 3 atom stereocenters. The molecule has 0 N–H and O–H groups in total.